The van der Waals surface area contributed by atoms with Crippen LogP contribution in [0.5, 0.6) is 0 Å². The van der Waals surface area contributed by atoms with E-state index in [1.165, 1.54) is 0 Å². The highest BCUT2D eigenvalue weighted by Gasteiger charge is 2.38. The van der Waals surface area contributed by atoms with Crippen molar-refractivity contribution in [2.45, 2.75) is 31.7 Å². The van der Waals surface area contributed by atoms with Gasteiger partial charge in [-0.3, -0.25) is 0 Å². The largest absolute Gasteiger partial charge is 0.368 e. The summed E-state index contributed by atoms with van der Waals surface area (Å²) < 4.78 is 16.9. The minimum Gasteiger partial charge on any atom is -0.368 e. The number of ether oxygens (including phenoxy) is 3. The van der Waals surface area contributed by atoms with E-state index in [9.17, 15) is 5.11 Å². The minimum absolute atomic E-state index is 0.265. The van der Waals surface area contributed by atoms with E-state index in [1.54, 1.807) is 0 Å². The Morgan fingerprint density at radius 1 is 0.864 bits per heavy atom. The monoisotopic (exact) mass is 300 g/mol. The zero-order chi connectivity index (χ0) is 15.2. The third-order valence-electron chi connectivity index (χ3n) is 3.67. The van der Waals surface area contributed by atoms with Gasteiger partial charge in [-0.2, -0.15) is 0 Å². The molecule has 0 amide bonds. The summed E-state index contributed by atoms with van der Waals surface area (Å²) >= 11 is 0. The lowest BCUT2D eigenvalue weighted by atomic mass is 10.2. The van der Waals surface area contributed by atoms with E-state index in [2.05, 4.69) is 0 Å². The van der Waals surface area contributed by atoms with Crippen molar-refractivity contribution in [3.8, 4) is 0 Å². The van der Waals surface area contributed by atoms with Gasteiger partial charge >= 0.3 is 0 Å². The van der Waals surface area contributed by atoms with E-state index in [-0.39, 0.29) is 6.10 Å². The van der Waals surface area contributed by atoms with Crippen LogP contribution >= 0.6 is 0 Å². The van der Waals surface area contributed by atoms with E-state index < -0.39 is 12.4 Å². The van der Waals surface area contributed by atoms with Gasteiger partial charge in [0.05, 0.1) is 19.8 Å². The quantitative estimate of drug-likeness (QED) is 0.890. The average molecular weight is 300 g/mol. The molecule has 2 aromatic carbocycles. The van der Waals surface area contributed by atoms with E-state index in [0.29, 0.717) is 19.8 Å². The number of aliphatic hydroxyl groups excluding tert-OH is 1. The van der Waals surface area contributed by atoms with Crippen LogP contribution < -0.4 is 0 Å². The third kappa shape index (κ3) is 3.93. The predicted molar refractivity (Wildman–Crippen MR) is 82.0 cm³/mol. The number of hydrogen-bond donors (Lipinski definition) is 1. The first-order chi connectivity index (χ1) is 10.8. The van der Waals surface area contributed by atoms with Gasteiger partial charge in [-0.15, -0.1) is 0 Å². The van der Waals surface area contributed by atoms with Gasteiger partial charge < -0.3 is 19.3 Å². The Morgan fingerprint density at radius 2 is 1.41 bits per heavy atom. The summed E-state index contributed by atoms with van der Waals surface area (Å²) in [6.07, 6.45) is -1.67. The van der Waals surface area contributed by atoms with Gasteiger partial charge in [-0.1, -0.05) is 60.7 Å². The molecule has 1 saturated heterocycles. The van der Waals surface area contributed by atoms with Gasteiger partial charge in [0.25, 0.3) is 0 Å². The van der Waals surface area contributed by atoms with Crippen molar-refractivity contribution in [1.82, 2.24) is 0 Å². The lowest BCUT2D eigenvalue weighted by Crippen LogP contribution is -2.34. The topological polar surface area (TPSA) is 47.9 Å². The summed E-state index contributed by atoms with van der Waals surface area (Å²) in [4.78, 5) is 0. The summed E-state index contributed by atoms with van der Waals surface area (Å²) in [6.45, 7) is 1.25. The molecule has 0 bridgehead atoms. The molecular formula is C18H20O4. The average Bonchev–Trinajstić information content (AvgIpc) is 2.93. The molecule has 1 N–H and O–H groups in total. The van der Waals surface area contributed by atoms with Gasteiger partial charge in [-0.25, -0.2) is 0 Å². The van der Waals surface area contributed by atoms with Gasteiger partial charge in [-0.05, 0) is 11.1 Å². The molecule has 4 nitrogen and oxygen atoms in total. The third-order valence-corrected chi connectivity index (χ3v) is 3.67. The molecule has 0 radical (unpaired) electrons. The van der Waals surface area contributed by atoms with Crippen LogP contribution in [-0.4, -0.2) is 30.2 Å². The molecule has 0 aliphatic carbocycles. The Bertz CT molecular complexity index is 558. The smallest absolute Gasteiger partial charge is 0.183 e. The van der Waals surface area contributed by atoms with Gasteiger partial charge in [0.15, 0.2) is 6.29 Å². The summed E-state index contributed by atoms with van der Waals surface area (Å²) in [5, 5.41) is 9.91. The predicted octanol–water partition coefficient (Wildman–Crippen LogP) is 2.51. The van der Waals surface area contributed by atoms with Crippen LogP contribution in [0.1, 0.15) is 11.1 Å². The molecular weight excluding hydrogens is 280 g/mol. The SMILES string of the molecule is O[C@@H]1OC[C@H](OCc2ccccc2)[C@H]1OCc1ccccc1. The summed E-state index contributed by atoms with van der Waals surface area (Å²) in [7, 11) is 0. The second-order valence-electron chi connectivity index (χ2n) is 5.32. The molecule has 116 valence electrons. The van der Waals surface area contributed by atoms with Crippen molar-refractivity contribution in [3.63, 3.8) is 0 Å². The van der Waals surface area contributed by atoms with Crippen LogP contribution in [0.2, 0.25) is 0 Å². The molecule has 3 atom stereocenters. The van der Waals surface area contributed by atoms with Gasteiger partial charge in [0.2, 0.25) is 0 Å². The number of benzene rings is 2. The second kappa shape index (κ2) is 7.51. The zero-order valence-electron chi connectivity index (χ0n) is 12.3. The highest BCUT2D eigenvalue weighted by Crippen LogP contribution is 2.21. The number of rotatable bonds is 6. The maximum atomic E-state index is 9.91. The van der Waals surface area contributed by atoms with E-state index in [0.717, 1.165) is 11.1 Å². The molecule has 2 aromatic rings. The van der Waals surface area contributed by atoms with Crippen molar-refractivity contribution in [3.05, 3.63) is 71.8 Å². The first kappa shape index (κ1) is 15.2. The molecule has 1 heterocycles. The van der Waals surface area contributed by atoms with Crippen molar-refractivity contribution in [2.75, 3.05) is 6.61 Å². The van der Waals surface area contributed by atoms with Crippen LogP contribution in [0.3, 0.4) is 0 Å². The minimum atomic E-state index is -0.940. The molecule has 3 rings (SSSR count). The Balaban J connectivity index is 1.54. The summed E-state index contributed by atoms with van der Waals surface area (Å²) in [5.41, 5.74) is 2.15. The molecule has 1 fully saturated rings. The fourth-order valence-electron chi connectivity index (χ4n) is 2.44. The molecule has 0 spiro atoms. The van der Waals surface area contributed by atoms with Crippen LogP contribution in [-0.2, 0) is 27.4 Å². The Hall–Kier alpha value is -1.72. The number of aliphatic hydroxyl groups is 1. The van der Waals surface area contributed by atoms with E-state index >= 15 is 0 Å². The molecule has 0 aromatic heterocycles. The fraction of sp³-hybridized carbons (Fsp3) is 0.333. The van der Waals surface area contributed by atoms with Gasteiger partial charge in [0, 0.05) is 0 Å². The lowest BCUT2D eigenvalue weighted by Gasteiger charge is -2.21. The van der Waals surface area contributed by atoms with Crippen LogP contribution in [0.25, 0.3) is 0 Å². The highest BCUT2D eigenvalue weighted by atomic mass is 16.7. The maximum Gasteiger partial charge on any atom is 0.183 e. The molecule has 1 aliphatic rings. The second-order valence-corrected chi connectivity index (χ2v) is 5.32. The van der Waals surface area contributed by atoms with Crippen LogP contribution in [0.4, 0.5) is 0 Å². The van der Waals surface area contributed by atoms with E-state index in [1.807, 2.05) is 60.7 Å². The highest BCUT2D eigenvalue weighted by molar-refractivity contribution is 5.14. The zero-order valence-corrected chi connectivity index (χ0v) is 12.3. The van der Waals surface area contributed by atoms with Crippen LogP contribution in [0.15, 0.2) is 60.7 Å². The Morgan fingerprint density at radius 3 is 2.00 bits per heavy atom. The fourth-order valence-corrected chi connectivity index (χ4v) is 2.44. The standard InChI is InChI=1S/C18H20O4/c19-18-17(21-12-15-9-5-2-6-10-15)16(13-22-18)20-11-14-7-3-1-4-8-14/h1-10,16-19H,11-13H2/t16-,17+,18+/m0/s1. The van der Waals surface area contributed by atoms with Crippen molar-refractivity contribution < 1.29 is 19.3 Å². The van der Waals surface area contributed by atoms with Crippen molar-refractivity contribution >= 4 is 0 Å². The Kier molecular flexibility index (Phi) is 5.19. The molecule has 1 aliphatic heterocycles. The van der Waals surface area contributed by atoms with Crippen molar-refractivity contribution in [1.29, 1.82) is 0 Å². The maximum absolute atomic E-state index is 9.91. The van der Waals surface area contributed by atoms with Crippen molar-refractivity contribution in [2.24, 2.45) is 0 Å². The summed E-state index contributed by atoms with van der Waals surface area (Å²) in [5.74, 6) is 0. The van der Waals surface area contributed by atoms with E-state index in [4.69, 9.17) is 14.2 Å². The first-order valence-corrected chi connectivity index (χ1v) is 7.43. The van der Waals surface area contributed by atoms with Gasteiger partial charge in [0.1, 0.15) is 12.2 Å². The number of hydrogen-bond acceptors (Lipinski definition) is 4. The first-order valence-electron chi connectivity index (χ1n) is 7.43. The van der Waals surface area contributed by atoms with Crippen LogP contribution in [0, 0.1) is 0 Å². The molecule has 0 saturated carbocycles. The molecule has 22 heavy (non-hydrogen) atoms. The normalized spacial score (nSPS) is 24.5. The lowest BCUT2D eigenvalue weighted by molar-refractivity contribution is -0.143. The molecule has 0 unspecified atom stereocenters. The Labute approximate surface area is 130 Å². The molecule has 4 heteroatoms. The summed E-state index contributed by atoms with van der Waals surface area (Å²) in [6, 6.07) is 19.8.